The fraction of sp³-hybridized carbons (Fsp3) is 0.789. The monoisotopic (exact) mass is 688 g/mol. The van der Waals surface area contributed by atoms with Gasteiger partial charge in [0.05, 0.1) is 11.5 Å². The second-order valence-corrected chi connectivity index (χ2v) is 15.6. The van der Waals surface area contributed by atoms with Crippen molar-refractivity contribution in [2.45, 2.75) is 181 Å². The van der Waals surface area contributed by atoms with Crippen LogP contribution < -0.4 is 0 Å². The van der Waals surface area contributed by atoms with Crippen LogP contribution in [0.25, 0.3) is 0 Å². The molecule has 0 heterocycles. The molecule has 0 rings (SSSR count). The van der Waals surface area contributed by atoms with Gasteiger partial charge in [-0.3, -0.25) is 9.11 Å². The summed E-state index contributed by atoms with van der Waals surface area (Å²) in [4.78, 5) is 0. The highest BCUT2D eigenvalue weighted by atomic mass is 32.2. The van der Waals surface area contributed by atoms with Crippen molar-refractivity contribution in [1.29, 1.82) is 0 Å². The van der Waals surface area contributed by atoms with Crippen molar-refractivity contribution in [3.05, 3.63) is 48.6 Å². The molecule has 0 aromatic heterocycles. The second kappa shape index (κ2) is 36.6. The van der Waals surface area contributed by atoms with Gasteiger partial charge in [-0.15, -0.1) is 0 Å². The van der Waals surface area contributed by atoms with Gasteiger partial charge < -0.3 is 0 Å². The molecule has 0 aromatic rings. The summed E-state index contributed by atoms with van der Waals surface area (Å²) < 4.78 is 59.4. The summed E-state index contributed by atoms with van der Waals surface area (Å²) in [5, 5.41) is 0. The molecule has 8 heteroatoms. The Bertz CT molecular complexity index is 872. The summed E-state index contributed by atoms with van der Waals surface area (Å²) in [5.41, 5.74) is 0. The van der Waals surface area contributed by atoms with E-state index in [0.29, 0.717) is 12.8 Å². The predicted octanol–water partition coefficient (Wildman–Crippen LogP) is 12.2. The van der Waals surface area contributed by atoms with E-state index in [-0.39, 0.29) is 11.5 Å². The van der Waals surface area contributed by atoms with Gasteiger partial charge >= 0.3 is 0 Å². The molecule has 0 radical (unpaired) electrons. The summed E-state index contributed by atoms with van der Waals surface area (Å²) in [7, 11) is -7.51. The van der Waals surface area contributed by atoms with E-state index in [1.54, 1.807) is 0 Å². The predicted molar refractivity (Wildman–Crippen MR) is 201 cm³/mol. The molecule has 0 aromatic carbocycles. The molecule has 0 amide bonds. The van der Waals surface area contributed by atoms with Crippen molar-refractivity contribution in [2.75, 3.05) is 11.5 Å². The lowest BCUT2D eigenvalue weighted by atomic mass is 10.1. The number of hydrogen-bond acceptors (Lipinski definition) is 4. The van der Waals surface area contributed by atoms with Gasteiger partial charge in [0.25, 0.3) is 20.2 Å². The molecular formula is C38H72O6S2. The summed E-state index contributed by atoms with van der Waals surface area (Å²) in [6, 6.07) is 0. The van der Waals surface area contributed by atoms with Gasteiger partial charge in [-0.1, -0.05) is 152 Å². The van der Waals surface area contributed by atoms with E-state index in [4.69, 9.17) is 9.11 Å². The van der Waals surface area contributed by atoms with E-state index in [9.17, 15) is 16.8 Å². The molecule has 0 aliphatic heterocycles. The summed E-state index contributed by atoms with van der Waals surface area (Å²) >= 11 is 0. The minimum Gasteiger partial charge on any atom is -0.286 e. The highest BCUT2D eigenvalue weighted by molar-refractivity contribution is 7.86. The second-order valence-electron chi connectivity index (χ2n) is 12.4. The van der Waals surface area contributed by atoms with Gasteiger partial charge in [0, 0.05) is 0 Å². The standard InChI is InChI=1S/2C19H36O3S/c2*1-2-3-4-5-6-7-8-9-10-11-12-13-14-15-16-17-18-19-23(20,21)22/h2*6-7,9-10H,2-5,8,11-19H2,1H3,(H,20,21,22)/b2*7-6-,10-9-. The number of rotatable bonds is 32. The van der Waals surface area contributed by atoms with Crippen molar-refractivity contribution in [3.8, 4) is 0 Å². The molecule has 272 valence electrons. The topological polar surface area (TPSA) is 109 Å². The zero-order chi connectivity index (χ0) is 34.5. The lowest BCUT2D eigenvalue weighted by Gasteiger charge is -2.00. The van der Waals surface area contributed by atoms with Crippen molar-refractivity contribution >= 4 is 20.2 Å². The average Bonchev–Trinajstić information content (AvgIpc) is 2.99. The van der Waals surface area contributed by atoms with Crippen LogP contribution in [-0.4, -0.2) is 37.4 Å². The lowest BCUT2D eigenvalue weighted by molar-refractivity contribution is 0.476. The Kier molecular flexibility index (Phi) is 37.3. The van der Waals surface area contributed by atoms with Crippen molar-refractivity contribution in [2.24, 2.45) is 0 Å². The Morgan fingerprint density at radius 2 is 0.587 bits per heavy atom. The minimum absolute atomic E-state index is 0.0924. The van der Waals surface area contributed by atoms with E-state index >= 15 is 0 Å². The highest BCUT2D eigenvalue weighted by Crippen LogP contribution is 2.11. The molecule has 0 spiro atoms. The van der Waals surface area contributed by atoms with Gasteiger partial charge in [0.1, 0.15) is 0 Å². The molecule has 0 aliphatic carbocycles. The zero-order valence-corrected chi connectivity index (χ0v) is 31.4. The van der Waals surface area contributed by atoms with E-state index in [0.717, 1.165) is 64.2 Å². The third-order valence-corrected chi connectivity index (χ3v) is 9.32. The maximum Gasteiger partial charge on any atom is 0.264 e. The molecule has 0 saturated heterocycles. The molecule has 0 bridgehead atoms. The van der Waals surface area contributed by atoms with Gasteiger partial charge in [0.2, 0.25) is 0 Å². The van der Waals surface area contributed by atoms with Gasteiger partial charge in [0.15, 0.2) is 0 Å². The quantitative estimate of drug-likeness (QED) is 0.0413. The first-order valence-corrected chi connectivity index (χ1v) is 21.8. The van der Waals surface area contributed by atoms with Crippen LogP contribution in [0.15, 0.2) is 48.6 Å². The van der Waals surface area contributed by atoms with E-state index in [2.05, 4.69) is 62.5 Å². The van der Waals surface area contributed by atoms with Crippen LogP contribution in [0.5, 0.6) is 0 Å². The van der Waals surface area contributed by atoms with E-state index in [1.807, 2.05) is 0 Å². The maximum atomic E-state index is 10.5. The Morgan fingerprint density at radius 3 is 0.848 bits per heavy atom. The van der Waals surface area contributed by atoms with Crippen LogP contribution in [0, 0.1) is 0 Å². The first kappa shape index (κ1) is 46.9. The van der Waals surface area contributed by atoms with Crippen LogP contribution in [0.2, 0.25) is 0 Å². The SMILES string of the molecule is CCCCC/C=C\C/C=C\CCCCCCCCCS(=O)(=O)O.CCCCC/C=C\C/C=C\CCCCCCCCCS(=O)(=O)O. The van der Waals surface area contributed by atoms with Crippen molar-refractivity contribution in [1.82, 2.24) is 0 Å². The molecule has 0 fully saturated rings. The first-order chi connectivity index (χ1) is 22.1. The molecule has 0 unspecified atom stereocenters. The average molecular weight is 689 g/mol. The Morgan fingerprint density at radius 1 is 0.348 bits per heavy atom. The number of hydrogen-bond donors (Lipinski definition) is 2. The smallest absolute Gasteiger partial charge is 0.264 e. The van der Waals surface area contributed by atoms with Crippen LogP contribution in [0.3, 0.4) is 0 Å². The largest absolute Gasteiger partial charge is 0.286 e. The molecule has 6 nitrogen and oxygen atoms in total. The minimum atomic E-state index is -3.76. The molecule has 46 heavy (non-hydrogen) atoms. The first-order valence-electron chi connectivity index (χ1n) is 18.6. The third-order valence-electron chi connectivity index (χ3n) is 7.71. The molecule has 2 N–H and O–H groups in total. The Labute approximate surface area is 286 Å². The number of allylic oxidation sites excluding steroid dienone is 8. The van der Waals surface area contributed by atoms with Gasteiger partial charge in [-0.05, 0) is 77.0 Å². The zero-order valence-electron chi connectivity index (χ0n) is 29.8. The van der Waals surface area contributed by atoms with Crippen molar-refractivity contribution in [3.63, 3.8) is 0 Å². The van der Waals surface area contributed by atoms with E-state index in [1.165, 1.54) is 89.9 Å². The van der Waals surface area contributed by atoms with Crippen molar-refractivity contribution < 1.29 is 25.9 Å². The van der Waals surface area contributed by atoms with Gasteiger partial charge in [-0.2, -0.15) is 16.8 Å². The summed E-state index contributed by atoms with van der Waals surface area (Å²) in [6.45, 7) is 4.47. The summed E-state index contributed by atoms with van der Waals surface area (Å²) in [5.74, 6) is -0.185. The number of unbranched alkanes of at least 4 members (excludes halogenated alkanes) is 20. The van der Waals surface area contributed by atoms with E-state index < -0.39 is 20.2 Å². The highest BCUT2D eigenvalue weighted by Gasteiger charge is 2.03. The fourth-order valence-electron chi connectivity index (χ4n) is 4.90. The Balaban J connectivity index is 0. The maximum absolute atomic E-state index is 10.5. The molecule has 0 aliphatic rings. The molecule has 0 atom stereocenters. The van der Waals surface area contributed by atoms with Crippen LogP contribution in [-0.2, 0) is 20.2 Å². The Hall–Kier alpha value is -1.22. The third kappa shape index (κ3) is 49.7. The van der Waals surface area contributed by atoms with Gasteiger partial charge in [-0.25, -0.2) is 0 Å². The summed E-state index contributed by atoms with van der Waals surface area (Å²) in [6.07, 6.45) is 47.7. The van der Waals surface area contributed by atoms with Crippen LogP contribution >= 0.6 is 0 Å². The van der Waals surface area contributed by atoms with Crippen LogP contribution in [0.4, 0.5) is 0 Å². The normalized spacial score (nSPS) is 12.6. The van der Waals surface area contributed by atoms with Crippen LogP contribution in [0.1, 0.15) is 181 Å². The lowest BCUT2D eigenvalue weighted by Crippen LogP contribution is -2.03. The fourth-order valence-corrected chi connectivity index (χ4v) is 6.04. The molecular weight excluding hydrogens is 617 g/mol. The molecule has 0 saturated carbocycles.